The van der Waals surface area contributed by atoms with Gasteiger partial charge in [-0.05, 0) is 33.1 Å². The van der Waals surface area contributed by atoms with Crippen molar-refractivity contribution in [3.63, 3.8) is 0 Å². The van der Waals surface area contributed by atoms with E-state index in [0.29, 0.717) is 12.8 Å². The van der Waals surface area contributed by atoms with Crippen LogP contribution in [0.1, 0.15) is 39.5 Å². The molecular weight excluding hydrogens is 232 g/mol. The SMILES string of the molecule is C#CC(C)(C)NC(=O)NC1CCCC(C(=O)O)C1. The van der Waals surface area contributed by atoms with Crippen LogP contribution in [0.25, 0.3) is 0 Å². The highest BCUT2D eigenvalue weighted by atomic mass is 16.4. The van der Waals surface area contributed by atoms with Crippen molar-refractivity contribution in [2.45, 2.75) is 51.1 Å². The molecule has 0 spiro atoms. The van der Waals surface area contributed by atoms with Gasteiger partial charge in [0.05, 0.1) is 11.5 Å². The normalized spacial score (nSPS) is 23.8. The van der Waals surface area contributed by atoms with Gasteiger partial charge in [0.2, 0.25) is 0 Å². The van der Waals surface area contributed by atoms with Gasteiger partial charge in [-0.25, -0.2) is 4.79 Å². The number of carboxylic acid groups (broad SMARTS) is 1. The van der Waals surface area contributed by atoms with E-state index in [1.165, 1.54) is 0 Å². The molecule has 0 aromatic carbocycles. The standard InChI is InChI=1S/C13H20N2O3/c1-4-13(2,3)15-12(18)14-10-7-5-6-9(8-10)11(16)17/h1,9-10H,5-8H2,2-3H3,(H,16,17)(H2,14,15,18). The lowest BCUT2D eigenvalue weighted by Gasteiger charge is -2.29. The molecule has 1 rings (SSSR count). The highest BCUT2D eigenvalue weighted by Crippen LogP contribution is 2.24. The van der Waals surface area contributed by atoms with Crippen molar-refractivity contribution in [3.8, 4) is 12.3 Å². The van der Waals surface area contributed by atoms with Gasteiger partial charge in [0, 0.05) is 6.04 Å². The van der Waals surface area contributed by atoms with Gasteiger partial charge in [0.1, 0.15) is 0 Å². The molecule has 5 nitrogen and oxygen atoms in total. The summed E-state index contributed by atoms with van der Waals surface area (Å²) in [5.41, 5.74) is -0.703. The van der Waals surface area contributed by atoms with Crippen molar-refractivity contribution in [3.05, 3.63) is 0 Å². The van der Waals surface area contributed by atoms with E-state index in [4.69, 9.17) is 11.5 Å². The molecule has 2 atom stereocenters. The average molecular weight is 252 g/mol. The number of urea groups is 1. The summed E-state index contributed by atoms with van der Waals surface area (Å²) in [5.74, 6) is 1.33. The van der Waals surface area contributed by atoms with Crippen molar-refractivity contribution < 1.29 is 14.7 Å². The van der Waals surface area contributed by atoms with E-state index in [0.717, 1.165) is 12.8 Å². The van der Waals surface area contributed by atoms with Crippen LogP contribution in [-0.2, 0) is 4.79 Å². The number of nitrogens with one attached hydrogen (secondary N) is 2. The summed E-state index contributed by atoms with van der Waals surface area (Å²) in [7, 11) is 0. The number of carboxylic acids is 1. The summed E-state index contributed by atoms with van der Waals surface area (Å²) in [6.07, 6.45) is 8.08. The Morgan fingerprint density at radius 2 is 2.06 bits per heavy atom. The average Bonchev–Trinajstić information content (AvgIpc) is 2.28. The van der Waals surface area contributed by atoms with Gasteiger partial charge >= 0.3 is 12.0 Å². The predicted molar refractivity (Wildman–Crippen MR) is 68.0 cm³/mol. The summed E-state index contributed by atoms with van der Waals surface area (Å²) in [5, 5.41) is 14.4. The highest BCUT2D eigenvalue weighted by molar-refractivity contribution is 5.76. The third-order valence-electron chi connectivity index (χ3n) is 3.15. The van der Waals surface area contributed by atoms with Gasteiger partial charge < -0.3 is 15.7 Å². The largest absolute Gasteiger partial charge is 0.481 e. The third-order valence-corrected chi connectivity index (χ3v) is 3.15. The van der Waals surface area contributed by atoms with E-state index in [1.54, 1.807) is 13.8 Å². The summed E-state index contributed by atoms with van der Waals surface area (Å²) in [6, 6.07) is -0.428. The number of terminal acetylenes is 1. The van der Waals surface area contributed by atoms with Gasteiger partial charge in [-0.1, -0.05) is 12.3 Å². The minimum Gasteiger partial charge on any atom is -0.481 e. The van der Waals surface area contributed by atoms with Crippen LogP contribution >= 0.6 is 0 Å². The first-order valence-corrected chi connectivity index (χ1v) is 6.13. The number of carbonyl (C=O) groups excluding carboxylic acids is 1. The Kier molecular flexibility index (Phi) is 4.60. The van der Waals surface area contributed by atoms with Gasteiger partial charge in [-0.3, -0.25) is 4.79 Å². The topological polar surface area (TPSA) is 78.4 Å². The summed E-state index contributed by atoms with van der Waals surface area (Å²) >= 11 is 0. The van der Waals surface area contributed by atoms with E-state index < -0.39 is 11.5 Å². The molecule has 100 valence electrons. The van der Waals surface area contributed by atoms with Crippen LogP contribution in [0.5, 0.6) is 0 Å². The van der Waals surface area contributed by atoms with E-state index in [2.05, 4.69) is 16.6 Å². The maximum absolute atomic E-state index is 11.7. The second-order valence-corrected chi connectivity index (χ2v) is 5.27. The molecule has 1 saturated carbocycles. The molecule has 0 heterocycles. The number of rotatable bonds is 3. The quantitative estimate of drug-likeness (QED) is 0.663. The lowest BCUT2D eigenvalue weighted by atomic mass is 9.86. The van der Waals surface area contributed by atoms with Crippen molar-refractivity contribution in [2.75, 3.05) is 0 Å². The molecule has 0 aromatic rings. The second-order valence-electron chi connectivity index (χ2n) is 5.27. The van der Waals surface area contributed by atoms with E-state index in [-0.39, 0.29) is 18.0 Å². The lowest BCUT2D eigenvalue weighted by molar-refractivity contribution is -0.143. The molecule has 1 aliphatic rings. The zero-order valence-corrected chi connectivity index (χ0v) is 10.8. The molecule has 1 aliphatic carbocycles. The van der Waals surface area contributed by atoms with Crippen LogP contribution in [0.3, 0.4) is 0 Å². The number of carbonyl (C=O) groups is 2. The van der Waals surface area contributed by atoms with Crippen LogP contribution in [0.2, 0.25) is 0 Å². The predicted octanol–water partition coefficient (Wildman–Crippen LogP) is 1.34. The molecule has 2 unspecified atom stereocenters. The molecule has 0 radical (unpaired) electrons. The molecule has 1 fully saturated rings. The Morgan fingerprint density at radius 3 is 2.61 bits per heavy atom. The molecule has 18 heavy (non-hydrogen) atoms. The third kappa shape index (κ3) is 4.28. The molecular formula is C13H20N2O3. The Hall–Kier alpha value is -1.70. The van der Waals surface area contributed by atoms with Crippen molar-refractivity contribution in [1.82, 2.24) is 10.6 Å². The molecule has 0 saturated heterocycles. The zero-order valence-electron chi connectivity index (χ0n) is 10.8. The van der Waals surface area contributed by atoms with E-state index in [1.807, 2.05) is 0 Å². The van der Waals surface area contributed by atoms with Crippen molar-refractivity contribution in [2.24, 2.45) is 5.92 Å². The minimum atomic E-state index is -0.786. The first kappa shape index (κ1) is 14.4. The minimum absolute atomic E-state index is 0.0894. The smallest absolute Gasteiger partial charge is 0.316 e. The number of hydrogen-bond acceptors (Lipinski definition) is 2. The summed E-state index contributed by atoms with van der Waals surface area (Å²) in [4.78, 5) is 22.6. The second kappa shape index (κ2) is 5.76. The Bertz CT molecular complexity index is 371. The van der Waals surface area contributed by atoms with Gasteiger partial charge in [-0.2, -0.15) is 0 Å². The van der Waals surface area contributed by atoms with Crippen LogP contribution in [0.15, 0.2) is 0 Å². The number of aliphatic carboxylic acids is 1. The van der Waals surface area contributed by atoms with Gasteiger partial charge in [0.15, 0.2) is 0 Å². The molecule has 5 heteroatoms. The fourth-order valence-electron chi connectivity index (χ4n) is 2.09. The summed E-state index contributed by atoms with van der Waals surface area (Å²) < 4.78 is 0. The first-order valence-electron chi connectivity index (χ1n) is 6.13. The van der Waals surface area contributed by atoms with Gasteiger partial charge in [0.25, 0.3) is 0 Å². The first-order chi connectivity index (χ1) is 8.34. The molecule has 0 aromatic heterocycles. The molecule has 3 N–H and O–H groups in total. The highest BCUT2D eigenvalue weighted by Gasteiger charge is 2.28. The molecule has 2 amide bonds. The van der Waals surface area contributed by atoms with Crippen molar-refractivity contribution >= 4 is 12.0 Å². The van der Waals surface area contributed by atoms with Crippen LogP contribution in [0.4, 0.5) is 4.79 Å². The lowest BCUT2D eigenvalue weighted by Crippen LogP contribution is -2.51. The Morgan fingerprint density at radius 1 is 1.39 bits per heavy atom. The number of hydrogen-bond donors (Lipinski definition) is 3. The monoisotopic (exact) mass is 252 g/mol. The zero-order chi connectivity index (χ0) is 13.8. The van der Waals surface area contributed by atoms with Crippen LogP contribution in [-0.4, -0.2) is 28.7 Å². The molecule has 0 aliphatic heterocycles. The van der Waals surface area contributed by atoms with E-state index in [9.17, 15) is 9.59 Å². The fourth-order valence-corrected chi connectivity index (χ4v) is 2.09. The Labute approximate surface area is 107 Å². The van der Waals surface area contributed by atoms with E-state index >= 15 is 0 Å². The van der Waals surface area contributed by atoms with Crippen LogP contribution in [0, 0.1) is 18.3 Å². The van der Waals surface area contributed by atoms with Gasteiger partial charge in [-0.15, -0.1) is 6.42 Å². The molecule has 0 bridgehead atoms. The van der Waals surface area contributed by atoms with Crippen LogP contribution < -0.4 is 10.6 Å². The maximum atomic E-state index is 11.7. The fraction of sp³-hybridized carbons (Fsp3) is 0.692. The van der Waals surface area contributed by atoms with Crippen molar-refractivity contribution in [1.29, 1.82) is 0 Å². The number of amides is 2. The summed E-state index contributed by atoms with van der Waals surface area (Å²) in [6.45, 7) is 3.46. The maximum Gasteiger partial charge on any atom is 0.316 e. The Balaban J connectivity index is 2.45.